The summed E-state index contributed by atoms with van der Waals surface area (Å²) in [6.07, 6.45) is 2.13. The molecule has 3 saturated heterocycles. The molecule has 4 aliphatic rings. The molecular formula is C33H39N9O6S. The van der Waals surface area contributed by atoms with Crippen LogP contribution in [0.25, 0.3) is 10.9 Å². The minimum Gasteiger partial charge on any atom is -0.369 e. The molecule has 1 unspecified atom stereocenters. The van der Waals surface area contributed by atoms with E-state index in [1.807, 2.05) is 48.5 Å². The zero-order valence-corrected chi connectivity index (χ0v) is 27.9. The molecule has 0 spiro atoms. The first kappa shape index (κ1) is 31.8. The molecule has 1 aromatic heterocycles. The first-order valence-corrected chi connectivity index (χ1v) is 18.4. The van der Waals surface area contributed by atoms with Crippen LogP contribution >= 0.6 is 0 Å². The van der Waals surface area contributed by atoms with Gasteiger partial charge in [-0.25, -0.2) is 13.4 Å². The van der Waals surface area contributed by atoms with Crippen molar-refractivity contribution < 1.29 is 27.8 Å². The first-order chi connectivity index (χ1) is 23.8. The fourth-order valence-electron chi connectivity index (χ4n) is 6.47. The van der Waals surface area contributed by atoms with E-state index in [0.717, 1.165) is 85.9 Å². The van der Waals surface area contributed by atoms with E-state index in [9.17, 15) is 8.42 Å². The second-order valence-electron chi connectivity index (χ2n) is 12.6. The third-order valence-corrected chi connectivity index (χ3v) is 9.75. The second kappa shape index (κ2) is 13.5. The van der Waals surface area contributed by atoms with Crippen LogP contribution in [0.15, 0.2) is 66.7 Å². The molecule has 0 aliphatic carbocycles. The molecule has 3 fully saturated rings. The van der Waals surface area contributed by atoms with Gasteiger partial charge in [0.15, 0.2) is 11.5 Å². The van der Waals surface area contributed by atoms with Crippen LogP contribution in [0.3, 0.4) is 0 Å². The normalized spacial score (nSPS) is 20.4. The Morgan fingerprint density at radius 1 is 0.918 bits per heavy atom. The van der Waals surface area contributed by atoms with Crippen molar-refractivity contribution in [2.24, 2.45) is 0 Å². The Morgan fingerprint density at radius 3 is 2.49 bits per heavy atom. The van der Waals surface area contributed by atoms with Gasteiger partial charge in [0.2, 0.25) is 22.2 Å². The largest absolute Gasteiger partial charge is 0.369 e. The maximum Gasteiger partial charge on any atom is 0.229 e. The van der Waals surface area contributed by atoms with Crippen molar-refractivity contribution >= 4 is 44.1 Å². The summed E-state index contributed by atoms with van der Waals surface area (Å²) in [7, 11) is -3.30. The molecule has 15 nitrogen and oxygen atoms in total. The third kappa shape index (κ3) is 7.15. The Morgan fingerprint density at radius 2 is 1.71 bits per heavy atom. The van der Waals surface area contributed by atoms with Crippen molar-refractivity contribution in [2.75, 3.05) is 78.5 Å². The Kier molecular flexibility index (Phi) is 8.73. The van der Waals surface area contributed by atoms with E-state index in [1.54, 1.807) is 12.1 Å². The SMILES string of the molecule is CS(=O)(=O)Nc1ccc(CCNc2nc(N3CCN(C4CN(c5ccc6c(c5)ON(C5CCONO5)O6)C4)CC3)nc3ccccc23)cc1. The highest BCUT2D eigenvalue weighted by Gasteiger charge is 2.37. The van der Waals surface area contributed by atoms with Gasteiger partial charge < -0.3 is 24.8 Å². The summed E-state index contributed by atoms with van der Waals surface area (Å²) >= 11 is 0. The van der Waals surface area contributed by atoms with Crippen molar-refractivity contribution in [1.29, 1.82) is 0 Å². The predicted octanol–water partition coefficient (Wildman–Crippen LogP) is 2.75. The number of sulfonamides is 1. The molecule has 0 bridgehead atoms. The quantitative estimate of drug-likeness (QED) is 0.224. The summed E-state index contributed by atoms with van der Waals surface area (Å²) < 4.78 is 25.5. The van der Waals surface area contributed by atoms with Crippen LogP contribution in [0.1, 0.15) is 12.0 Å². The number of rotatable bonds is 10. The molecule has 49 heavy (non-hydrogen) atoms. The molecule has 4 aromatic rings. The van der Waals surface area contributed by atoms with Crippen molar-refractivity contribution in [3.8, 4) is 11.5 Å². The highest BCUT2D eigenvalue weighted by Crippen LogP contribution is 2.40. The van der Waals surface area contributed by atoms with Gasteiger partial charge in [0.25, 0.3) is 0 Å². The number of aromatic nitrogens is 2. The topological polar surface area (TPSA) is 146 Å². The number of benzene rings is 3. The van der Waals surface area contributed by atoms with Crippen molar-refractivity contribution in [1.82, 2.24) is 25.7 Å². The summed E-state index contributed by atoms with van der Waals surface area (Å²) in [5, 5.41) is 5.88. The number of para-hydroxylation sites is 1. The smallest absolute Gasteiger partial charge is 0.229 e. The molecule has 0 amide bonds. The average Bonchev–Trinajstić information content (AvgIpc) is 3.52. The minimum absolute atomic E-state index is 0.399. The number of piperazine rings is 1. The van der Waals surface area contributed by atoms with Crippen LogP contribution in [0.5, 0.6) is 11.5 Å². The van der Waals surface area contributed by atoms with Crippen LogP contribution in [-0.4, -0.2) is 99.5 Å². The lowest BCUT2D eigenvalue weighted by molar-refractivity contribution is -0.376. The van der Waals surface area contributed by atoms with Gasteiger partial charge in [-0.2, -0.15) is 4.98 Å². The molecule has 4 aliphatic heterocycles. The van der Waals surface area contributed by atoms with Crippen LogP contribution in [0.2, 0.25) is 0 Å². The monoisotopic (exact) mass is 689 g/mol. The summed E-state index contributed by atoms with van der Waals surface area (Å²) in [4.78, 5) is 39.2. The summed E-state index contributed by atoms with van der Waals surface area (Å²) in [6.45, 7) is 6.67. The maximum absolute atomic E-state index is 11.5. The Balaban J connectivity index is 0.847. The van der Waals surface area contributed by atoms with Crippen molar-refractivity contribution in [3.05, 3.63) is 72.3 Å². The number of hydrogen-bond donors (Lipinski definition) is 3. The number of hydrogen-bond acceptors (Lipinski definition) is 14. The average molecular weight is 690 g/mol. The van der Waals surface area contributed by atoms with Gasteiger partial charge in [-0.1, -0.05) is 29.9 Å². The Labute approximate surface area is 284 Å². The van der Waals surface area contributed by atoms with E-state index >= 15 is 0 Å². The van der Waals surface area contributed by atoms with Crippen LogP contribution in [0, 0.1) is 0 Å². The van der Waals surface area contributed by atoms with Crippen LogP contribution < -0.4 is 35.2 Å². The zero-order valence-electron chi connectivity index (χ0n) is 27.1. The van der Waals surface area contributed by atoms with Crippen LogP contribution in [-0.2, 0) is 26.1 Å². The molecule has 3 N–H and O–H groups in total. The lowest BCUT2D eigenvalue weighted by atomic mass is 10.0. The van der Waals surface area contributed by atoms with E-state index in [-0.39, 0.29) is 0 Å². The van der Waals surface area contributed by atoms with Gasteiger partial charge in [-0.05, 0) is 48.4 Å². The van der Waals surface area contributed by atoms with Gasteiger partial charge in [0.1, 0.15) is 5.82 Å². The Hall–Kier alpha value is -4.45. The van der Waals surface area contributed by atoms with E-state index in [4.69, 9.17) is 29.3 Å². The highest BCUT2D eigenvalue weighted by atomic mass is 32.2. The fraction of sp³-hybridized carbons (Fsp3) is 0.394. The lowest BCUT2D eigenvalue weighted by Crippen LogP contribution is -2.63. The summed E-state index contributed by atoms with van der Waals surface area (Å²) in [5.41, 5.74) is 6.09. The molecule has 5 heterocycles. The zero-order chi connectivity index (χ0) is 33.4. The number of nitrogens with zero attached hydrogens (tertiary/aromatic N) is 6. The van der Waals surface area contributed by atoms with Gasteiger partial charge >= 0.3 is 0 Å². The van der Waals surface area contributed by atoms with Crippen molar-refractivity contribution in [2.45, 2.75) is 25.1 Å². The first-order valence-electron chi connectivity index (χ1n) is 16.5. The molecule has 16 heteroatoms. The van der Waals surface area contributed by atoms with Gasteiger partial charge in [0, 0.05) is 81.1 Å². The van der Waals surface area contributed by atoms with Crippen molar-refractivity contribution in [3.63, 3.8) is 0 Å². The standard InChI is InChI=1S/C33H39N9O6S/c1-49(43,44)37-24-8-6-23(7-9-24)12-14-34-32-27-4-2-3-5-28(27)35-33(36-32)40-17-15-39(16-18-40)26-21-41(22-26)25-10-11-29-30(20-25)48-42(47-29)31-13-19-45-38-46-31/h2-11,20,26,31,37-38H,12-19,21-22H2,1H3,(H,34,35,36). The van der Waals surface area contributed by atoms with E-state index in [1.165, 1.54) is 5.23 Å². The molecule has 8 rings (SSSR count). The summed E-state index contributed by atoms with van der Waals surface area (Å²) in [5.74, 6) is 2.89. The molecule has 258 valence electrons. The fourth-order valence-corrected chi connectivity index (χ4v) is 7.04. The number of fused-ring (bicyclic) bond motifs is 2. The van der Waals surface area contributed by atoms with Gasteiger partial charge in [-0.3, -0.25) is 19.3 Å². The molecule has 0 radical (unpaired) electrons. The highest BCUT2D eigenvalue weighted by molar-refractivity contribution is 7.92. The lowest BCUT2D eigenvalue weighted by Gasteiger charge is -2.49. The number of anilines is 4. The van der Waals surface area contributed by atoms with Crippen LogP contribution in [0.4, 0.5) is 23.1 Å². The third-order valence-electron chi connectivity index (χ3n) is 9.14. The second-order valence-corrected chi connectivity index (χ2v) is 14.4. The predicted molar refractivity (Wildman–Crippen MR) is 185 cm³/mol. The number of hydroxylamine groups is 2. The van der Waals surface area contributed by atoms with E-state index < -0.39 is 16.3 Å². The number of nitrogens with one attached hydrogen (secondary N) is 3. The Bertz CT molecular complexity index is 1900. The molecular weight excluding hydrogens is 650 g/mol. The molecule has 0 saturated carbocycles. The van der Waals surface area contributed by atoms with E-state index in [0.29, 0.717) is 42.8 Å². The molecule has 1 atom stereocenters. The van der Waals surface area contributed by atoms with E-state index in [2.05, 4.69) is 36.4 Å². The van der Waals surface area contributed by atoms with Gasteiger partial charge in [-0.15, -0.1) is 0 Å². The minimum atomic E-state index is -3.30. The van der Waals surface area contributed by atoms with Gasteiger partial charge in [0.05, 0.1) is 23.6 Å². The molecule has 3 aromatic carbocycles. The maximum atomic E-state index is 11.5. The summed E-state index contributed by atoms with van der Waals surface area (Å²) in [6, 6.07) is 22.0.